The number of halogens is 1. The van der Waals surface area contributed by atoms with Crippen molar-refractivity contribution in [2.45, 2.75) is 82.1 Å². The molecule has 0 radical (unpaired) electrons. The molecule has 0 unspecified atom stereocenters. The lowest BCUT2D eigenvalue weighted by molar-refractivity contribution is -0.324. The van der Waals surface area contributed by atoms with Gasteiger partial charge in [0, 0.05) is 64.8 Å². The van der Waals surface area contributed by atoms with Gasteiger partial charge in [-0.1, -0.05) is 28.8 Å². The van der Waals surface area contributed by atoms with Crippen molar-refractivity contribution in [2.75, 3.05) is 71.4 Å². The summed E-state index contributed by atoms with van der Waals surface area (Å²) in [5.74, 6) is 0. The van der Waals surface area contributed by atoms with Crippen LogP contribution in [0.3, 0.4) is 0 Å². The molecule has 0 amide bonds. The number of unbranched alkanes of at least 4 members (excludes halogenated alkanes) is 3. The van der Waals surface area contributed by atoms with Gasteiger partial charge in [0.25, 0.3) is 0 Å². The Morgan fingerprint density at radius 1 is 0.543 bits per heavy atom. The van der Waals surface area contributed by atoms with Crippen LogP contribution >= 0.6 is 15.9 Å². The zero-order valence-corrected chi connectivity index (χ0v) is 22.5. The summed E-state index contributed by atoms with van der Waals surface area (Å²) in [5.41, 5.74) is 0. The molecule has 0 aromatic carbocycles. The molecule has 1 rings (SSSR count). The summed E-state index contributed by atoms with van der Waals surface area (Å²) < 4.78 is 36.5. The molecule has 1 aliphatic rings. The third kappa shape index (κ3) is 14.6. The minimum Gasteiger partial charge on any atom is -0.396 e. The van der Waals surface area contributed by atoms with Gasteiger partial charge in [0.2, 0.25) is 0 Å². The highest BCUT2D eigenvalue weighted by molar-refractivity contribution is 9.09. The molecule has 1 heterocycles. The summed E-state index contributed by atoms with van der Waals surface area (Å²) in [7, 11) is 0. The van der Waals surface area contributed by atoms with Gasteiger partial charge >= 0.3 is 0 Å². The van der Waals surface area contributed by atoms with Crippen LogP contribution in [0.25, 0.3) is 0 Å². The van der Waals surface area contributed by atoms with Crippen LogP contribution in [-0.2, 0) is 28.4 Å². The SMILES string of the molecule is OCCCOC[C@H]1O[C@@H](OCCCCCCBr)[C@H](OCCCO)[C@@H](OCCCO)[C@@H]1OCCCO. The summed E-state index contributed by atoms with van der Waals surface area (Å²) in [6, 6.07) is 0. The fraction of sp³-hybridized carbons (Fsp3) is 1.00. The van der Waals surface area contributed by atoms with E-state index in [-0.39, 0.29) is 33.0 Å². The van der Waals surface area contributed by atoms with Gasteiger partial charge in [-0.05, 0) is 38.5 Å². The van der Waals surface area contributed by atoms with Crippen molar-refractivity contribution in [3.63, 3.8) is 0 Å². The quantitative estimate of drug-likeness (QED) is 0.0988. The molecule has 4 N–H and O–H groups in total. The molecule has 1 fully saturated rings. The van der Waals surface area contributed by atoms with Crippen molar-refractivity contribution < 1.29 is 48.8 Å². The van der Waals surface area contributed by atoms with Crippen molar-refractivity contribution in [1.82, 2.24) is 0 Å². The first-order valence-corrected chi connectivity index (χ1v) is 14.0. The Morgan fingerprint density at radius 2 is 1.06 bits per heavy atom. The topological polar surface area (TPSA) is 136 Å². The minimum atomic E-state index is -0.715. The van der Waals surface area contributed by atoms with E-state index >= 15 is 0 Å². The average Bonchev–Trinajstić information content (AvgIpc) is 2.86. The Kier molecular flexibility index (Phi) is 22.0. The van der Waals surface area contributed by atoms with E-state index in [1.54, 1.807) is 0 Å². The summed E-state index contributed by atoms with van der Waals surface area (Å²) in [4.78, 5) is 0. The maximum Gasteiger partial charge on any atom is 0.186 e. The number of aliphatic hydroxyl groups excluding tert-OH is 4. The van der Waals surface area contributed by atoms with Gasteiger partial charge in [0.1, 0.15) is 24.4 Å². The van der Waals surface area contributed by atoms with Crippen LogP contribution in [0.1, 0.15) is 51.4 Å². The highest BCUT2D eigenvalue weighted by Gasteiger charge is 2.48. The maximum atomic E-state index is 9.26. The number of hydrogen-bond donors (Lipinski definition) is 4. The lowest BCUT2D eigenvalue weighted by atomic mass is 9.98. The maximum absolute atomic E-state index is 9.26. The molecule has 210 valence electrons. The van der Waals surface area contributed by atoms with E-state index in [1.807, 2.05) is 0 Å². The fourth-order valence-corrected chi connectivity index (χ4v) is 4.08. The molecule has 0 bridgehead atoms. The first-order valence-electron chi connectivity index (χ1n) is 12.9. The molecule has 10 nitrogen and oxygen atoms in total. The minimum absolute atomic E-state index is 0.000456. The second-order valence-electron chi connectivity index (χ2n) is 8.41. The second kappa shape index (κ2) is 23.2. The van der Waals surface area contributed by atoms with Gasteiger partial charge in [0.05, 0.1) is 6.61 Å². The molecule has 5 atom stereocenters. The predicted octanol–water partition coefficient (Wildman–Crippen LogP) is 1.39. The first kappa shape index (κ1) is 33.1. The molecule has 11 heteroatoms. The Balaban J connectivity index is 2.99. The Bertz CT molecular complexity index is 462. The smallest absolute Gasteiger partial charge is 0.186 e. The third-order valence-electron chi connectivity index (χ3n) is 5.47. The summed E-state index contributed by atoms with van der Waals surface area (Å²) in [5, 5.41) is 37.8. The fourth-order valence-electron chi connectivity index (χ4n) is 3.68. The number of ether oxygens (including phenoxy) is 6. The van der Waals surface area contributed by atoms with E-state index < -0.39 is 30.7 Å². The molecule has 0 spiro atoms. The van der Waals surface area contributed by atoms with Crippen molar-refractivity contribution in [1.29, 1.82) is 0 Å². The van der Waals surface area contributed by atoms with Gasteiger partial charge in [-0.3, -0.25) is 0 Å². The van der Waals surface area contributed by atoms with Gasteiger partial charge in [-0.15, -0.1) is 0 Å². The van der Waals surface area contributed by atoms with E-state index in [0.29, 0.717) is 58.7 Å². The van der Waals surface area contributed by atoms with Gasteiger partial charge in [-0.25, -0.2) is 0 Å². The van der Waals surface area contributed by atoms with E-state index in [2.05, 4.69) is 15.9 Å². The van der Waals surface area contributed by atoms with E-state index in [0.717, 1.165) is 31.0 Å². The zero-order chi connectivity index (χ0) is 25.6. The molecule has 1 saturated heterocycles. The van der Waals surface area contributed by atoms with Crippen molar-refractivity contribution in [3.05, 3.63) is 0 Å². The highest BCUT2D eigenvalue weighted by atomic mass is 79.9. The number of alkyl halides is 1. The molecule has 0 aliphatic carbocycles. The molecular formula is C24H47BrO10. The predicted molar refractivity (Wildman–Crippen MR) is 134 cm³/mol. The Labute approximate surface area is 218 Å². The van der Waals surface area contributed by atoms with Crippen LogP contribution in [0.2, 0.25) is 0 Å². The third-order valence-corrected chi connectivity index (χ3v) is 6.03. The molecular weight excluding hydrogens is 528 g/mol. The Morgan fingerprint density at radius 3 is 1.66 bits per heavy atom. The van der Waals surface area contributed by atoms with Crippen molar-refractivity contribution in [3.8, 4) is 0 Å². The van der Waals surface area contributed by atoms with Crippen LogP contribution < -0.4 is 0 Å². The largest absolute Gasteiger partial charge is 0.396 e. The zero-order valence-electron chi connectivity index (χ0n) is 20.9. The molecule has 0 saturated carbocycles. The molecule has 35 heavy (non-hydrogen) atoms. The van der Waals surface area contributed by atoms with Gasteiger partial charge in [0.15, 0.2) is 6.29 Å². The number of aliphatic hydroxyl groups is 4. The van der Waals surface area contributed by atoms with Gasteiger partial charge in [-0.2, -0.15) is 0 Å². The number of hydrogen-bond acceptors (Lipinski definition) is 10. The molecule has 0 aromatic rings. The monoisotopic (exact) mass is 574 g/mol. The van der Waals surface area contributed by atoms with Crippen LogP contribution in [0.5, 0.6) is 0 Å². The summed E-state index contributed by atoms with van der Waals surface area (Å²) >= 11 is 3.45. The lowest BCUT2D eigenvalue weighted by Gasteiger charge is -2.46. The van der Waals surface area contributed by atoms with Gasteiger partial charge < -0.3 is 48.8 Å². The van der Waals surface area contributed by atoms with Crippen LogP contribution in [0, 0.1) is 0 Å². The molecule has 0 aromatic heterocycles. The lowest BCUT2D eigenvalue weighted by Crippen LogP contribution is -2.62. The van der Waals surface area contributed by atoms with Crippen LogP contribution in [0.4, 0.5) is 0 Å². The number of rotatable bonds is 24. The second-order valence-corrected chi connectivity index (χ2v) is 9.20. The van der Waals surface area contributed by atoms with E-state index in [1.165, 1.54) is 0 Å². The summed E-state index contributed by atoms with van der Waals surface area (Å²) in [6.07, 6.45) is 3.13. The first-order chi connectivity index (χ1) is 17.2. The van der Waals surface area contributed by atoms with Crippen molar-refractivity contribution >= 4 is 15.9 Å². The van der Waals surface area contributed by atoms with E-state index in [9.17, 15) is 15.3 Å². The molecule has 1 aliphatic heterocycles. The van der Waals surface area contributed by atoms with Crippen LogP contribution in [0.15, 0.2) is 0 Å². The summed E-state index contributed by atoms with van der Waals surface area (Å²) in [6.45, 7) is 2.05. The standard InChI is InChI=1S/C24H47BrO10/c25-9-3-1-2-4-15-34-24-23(33-18-8-13-29)22(32-17-7-12-28)21(31-16-6-11-27)20(35-24)19-30-14-5-10-26/h20-24,26-29H,1-19H2/t20-,21-,22+,23-,24-/m1/s1. The van der Waals surface area contributed by atoms with Crippen molar-refractivity contribution in [2.24, 2.45) is 0 Å². The van der Waals surface area contributed by atoms with Crippen LogP contribution in [-0.4, -0.2) is 123 Å². The average molecular weight is 576 g/mol. The Hall–Kier alpha value is 0.0800. The normalized spacial score (nSPS) is 24.8. The van der Waals surface area contributed by atoms with E-state index in [4.69, 9.17) is 33.5 Å². The highest BCUT2D eigenvalue weighted by Crippen LogP contribution is 2.30.